The molecule has 0 aliphatic carbocycles. The van der Waals surface area contributed by atoms with Crippen molar-refractivity contribution in [2.75, 3.05) is 44.5 Å². The van der Waals surface area contributed by atoms with Crippen molar-refractivity contribution in [1.29, 1.82) is 0 Å². The molecule has 0 saturated heterocycles. The van der Waals surface area contributed by atoms with Crippen molar-refractivity contribution in [1.82, 2.24) is 0 Å². The Labute approximate surface area is 108 Å². The van der Waals surface area contributed by atoms with Crippen LogP contribution in [0.2, 0.25) is 0 Å². The van der Waals surface area contributed by atoms with Crippen LogP contribution in [0.4, 0.5) is 0 Å². The van der Waals surface area contributed by atoms with E-state index in [1.54, 1.807) is 11.8 Å². The predicted molar refractivity (Wildman–Crippen MR) is 70.5 cm³/mol. The molecule has 0 aromatic carbocycles. The molecule has 0 amide bonds. The molecule has 0 heterocycles. The third-order valence-electron chi connectivity index (χ3n) is 2.05. The number of carbonyl (C=O) groups is 1. The van der Waals surface area contributed by atoms with Crippen LogP contribution in [0.15, 0.2) is 0 Å². The second-order valence-electron chi connectivity index (χ2n) is 4.67. The molecule has 0 rings (SSSR count). The summed E-state index contributed by atoms with van der Waals surface area (Å²) in [6.45, 7) is 7.88. The van der Waals surface area contributed by atoms with Crippen LogP contribution in [0.25, 0.3) is 0 Å². The first-order valence-corrected chi connectivity index (χ1v) is 7.01. The number of thioether (sulfide) groups is 1. The van der Waals surface area contributed by atoms with E-state index in [2.05, 4.69) is 0 Å². The largest absolute Gasteiger partial charge is 0.394 e. The fraction of sp³-hybridized carbons (Fsp3) is 0.917. The van der Waals surface area contributed by atoms with Crippen LogP contribution < -0.4 is 0 Å². The number of aliphatic hydroxyl groups is 1. The van der Waals surface area contributed by atoms with Gasteiger partial charge in [0.2, 0.25) is 0 Å². The Morgan fingerprint density at radius 2 is 1.71 bits per heavy atom. The van der Waals surface area contributed by atoms with Crippen LogP contribution in [-0.2, 0) is 14.3 Å². The summed E-state index contributed by atoms with van der Waals surface area (Å²) in [5.74, 6) is 1.64. The molecule has 0 fully saturated rings. The van der Waals surface area contributed by atoms with Crippen LogP contribution in [0.5, 0.6) is 0 Å². The van der Waals surface area contributed by atoms with Gasteiger partial charge in [0.25, 0.3) is 0 Å². The second-order valence-corrected chi connectivity index (χ2v) is 5.78. The molecule has 0 unspecified atom stereocenters. The first kappa shape index (κ1) is 16.9. The maximum absolute atomic E-state index is 11.6. The number of ketones is 1. The lowest BCUT2D eigenvalue weighted by molar-refractivity contribution is -0.123. The topological polar surface area (TPSA) is 55.8 Å². The predicted octanol–water partition coefficient (Wildman–Crippen LogP) is 1.36. The molecule has 5 heteroatoms. The van der Waals surface area contributed by atoms with Crippen LogP contribution in [-0.4, -0.2) is 55.4 Å². The average Bonchev–Trinajstić information content (AvgIpc) is 2.25. The maximum Gasteiger partial charge on any atom is 0.148 e. The first-order valence-electron chi connectivity index (χ1n) is 5.86. The number of hydrogen-bond donors (Lipinski definition) is 1. The zero-order valence-corrected chi connectivity index (χ0v) is 11.8. The van der Waals surface area contributed by atoms with Gasteiger partial charge in [0.15, 0.2) is 0 Å². The Balaban J connectivity index is 3.22. The van der Waals surface area contributed by atoms with Gasteiger partial charge >= 0.3 is 0 Å². The van der Waals surface area contributed by atoms with Crippen molar-refractivity contribution < 1.29 is 19.4 Å². The molecule has 0 aromatic rings. The maximum atomic E-state index is 11.6. The average molecular weight is 264 g/mol. The molecule has 0 aliphatic heterocycles. The van der Waals surface area contributed by atoms with Crippen molar-refractivity contribution in [2.24, 2.45) is 5.41 Å². The van der Waals surface area contributed by atoms with E-state index in [9.17, 15) is 4.79 Å². The minimum Gasteiger partial charge on any atom is -0.394 e. The van der Waals surface area contributed by atoms with Crippen molar-refractivity contribution in [3.8, 4) is 0 Å². The van der Waals surface area contributed by atoms with Crippen molar-refractivity contribution in [3.63, 3.8) is 0 Å². The molecule has 1 N–H and O–H groups in total. The summed E-state index contributed by atoms with van der Waals surface area (Å²) in [7, 11) is 0. The third kappa shape index (κ3) is 10.8. The van der Waals surface area contributed by atoms with Gasteiger partial charge in [-0.1, -0.05) is 20.8 Å². The van der Waals surface area contributed by atoms with Gasteiger partial charge in [-0.3, -0.25) is 4.79 Å². The first-order chi connectivity index (χ1) is 7.98. The van der Waals surface area contributed by atoms with E-state index in [0.717, 1.165) is 5.75 Å². The van der Waals surface area contributed by atoms with Crippen LogP contribution >= 0.6 is 11.8 Å². The van der Waals surface area contributed by atoms with E-state index in [0.29, 0.717) is 32.2 Å². The Hall–Kier alpha value is -0.100. The van der Waals surface area contributed by atoms with Gasteiger partial charge in [0.05, 0.1) is 38.8 Å². The molecule has 0 spiro atoms. The van der Waals surface area contributed by atoms with Crippen LogP contribution in [0.1, 0.15) is 20.8 Å². The van der Waals surface area contributed by atoms with Gasteiger partial charge in [-0.05, 0) is 0 Å². The van der Waals surface area contributed by atoms with Gasteiger partial charge in [-0.2, -0.15) is 11.8 Å². The van der Waals surface area contributed by atoms with E-state index in [1.165, 1.54) is 0 Å². The SMILES string of the molecule is CC(C)(C)C(=O)CSCCOCCOCCO. The standard InChI is InChI=1S/C12H24O4S/c1-12(2,3)11(14)10-17-9-8-16-7-6-15-5-4-13/h13H,4-10H2,1-3H3. The summed E-state index contributed by atoms with van der Waals surface area (Å²) in [6.07, 6.45) is 0. The third-order valence-corrected chi connectivity index (χ3v) is 2.97. The van der Waals surface area contributed by atoms with E-state index >= 15 is 0 Å². The van der Waals surface area contributed by atoms with Crippen LogP contribution in [0.3, 0.4) is 0 Å². The summed E-state index contributed by atoms with van der Waals surface area (Å²) in [5.41, 5.74) is -0.244. The fourth-order valence-electron chi connectivity index (χ4n) is 0.886. The molecule has 0 aliphatic rings. The highest BCUT2D eigenvalue weighted by Crippen LogP contribution is 2.17. The normalized spacial score (nSPS) is 11.8. The summed E-state index contributed by atoms with van der Waals surface area (Å²) >= 11 is 1.60. The minimum absolute atomic E-state index is 0.0464. The van der Waals surface area contributed by atoms with Gasteiger partial charge in [-0.15, -0.1) is 0 Å². The van der Waals surface area contributed by atoms with Gasteiger partial charge < -0.3 is 14.6 Å². The molecular formula is C12H24O4S. The quantitative estimate of drug-likeness (QED) is 0.604. The number of carbonyl (C=O) groups excluding carboxylic acids is 1. The lowest BCUT2D eigenvalue weighted by atomic mass is 9.92. The molecular weight excluding hydrogens is 240 g/mol. The Morgan fingerprint density at radius 3 is 2.24 bits per heavy atom. The molecule has 0 saturated carbocycles. The molecule has 102 valence electrons. The Bertz CT molecular complexity index is 201. The molecule has 4 nitrogen and oxygen atoms in total. The highest BCUT2D eigenvalue weighted by atomic mass is 32.2. The van der Waals surface area contributed by atoms with Gasteiger partial charge in [0.1, 0.15) is 5.78 Å². The number of ether oxygens (including phenoxy) is 2. The number of Topliss-reactive ketones (excluding diaryl/α,β-unsaturated/α-hetero) is 1. The lowest BCUT2D eigenvalue weighted by Crippen LogP contribution is -2.22. The summed E-state index contributed by atoms with van der Waals surface area (Å²) < 4.78 is 10.3. The Morgan fingerprint density at radius 1 is 1.12 bits per heavy atom. The van der Waals surface area contributed by atoms with E-state index in [4.69, 9.17) is 14.6 Å². The van der Waals surface area contributed by atoms with Crippen LogP contribution in [0, 0.1) is 5.41 Å². The molecule has 0 radical (unpaired) electrons. The zero-order chi connectivity index (χ0) is 13.1. The highest BCUT2D eigenvalue weighted by Gasteiger charge is 2.20. The fourth-order valence-corrected chi connectivity index (χ4v) is 1.88. The van der Waals surface area contributed by atoms with Gasteiger partial charge in [-0.25, -0.2) is 0 Å². The van der Waals surface area contributed by atoms with Crippen molar-refractivity contribution in [2.45, 2.75) is 20.8 Å². The summed E-state index contributed by atoms with van der Waals surface area (Å²) in [6, 6.07) is 0. The number of hydrogen-bond acceptors (Lipinski definition) is 5. The second kappa shape index (κ2) is 9.88. The molecule has 0 atom stereocenters. The minimum atomic E-state index is -0.244. The lowest BCUT2D eigenvalue weighted by Gasteiger charge is -2.15. The molecule has 0 aromatic heterocycles. The highest BCUT2D eigenvalue weighted by molar-refractivity contribution is 7.99. The summed E-state index contributed by atoms with van der Waals surface area (Å²) in [5, 5.41) is 8.46. The summed E-state index contributed by atoms with van der Waals surface area (Å²) in [4.78, 5) is 11.6. The van der Waals surface area contributed by atoms with E-state index in [1.807, 2.05) is 20.8 Å². The number of aliphatic hydroxyl groups excluding tert-OH is 1. The van der Waals surface area contributed by atoms with E-state index < -0.39 is 0 Å². The molecule has 0 bridgehead atoms. The van der Waals surface area contributed by atoms with E-state index in [-0.39, 0.29) is 17.8 Å². The van der Waals surface area contributed by atoms with Gasteiger partial charge in [0, 0.05) is 11.2 Å². The monoisotopic (exact) mass is 264 g/mol. The Kier molecular flexibility index (Phi) is 9.82. The zero-order valence-electron chi connectivity index (χ0n) is 11.0. The molecule has 17 heavy (non-hydrogen) atoms. The smallest absolute Gasteiger partial charge is 0.148 e. The number of rotatable bonds is 10. The van der Waals surface area contributed by atoms with Crippen molar-refractivity contribution >= 4 is 17.5 Å². The van der Waals surface area contributed by atoms with Crippen molar-refractivity contribution in [3.05, 3.63) is 0 Å².